The third kappa shape index (κ3) is 5.16. The summed E-state index contributed by atoms with van der Waals surface area (Å²) in [7, 11) is -2.24. The molecule has 0 spiro atoms. The van der Waals surface area contributed by atoms with Crippen LogP contribution >= 0.6 is 22.9 Å². The van der Waals surface area contributed by atoms with Crippen molar-refractivity contribution in [3.05, 3.63) is 75.3 Å². The fourth-order valence-electron chi connectivity index (χ4n) is 3.62. The lowest BCUT2D eigenvalue weighted by Crippen LogP contribution is -2.43. The topological polar surface area (TPSA) is 140 Å². The van der Waals surface area contributed by atoms with Gasteiger partial charge in [-0.25, -0.2) is 18.3 Å². The number of pyridine rings is 1. The number of imide groups is 1. The standard InChI is InChI=1S/C23H19ClN4O5S2/c1-26-22(25)14-3-4-17-15(9-14)10-20(30)28(23(17)31)19-6-2-13(11-27-19)8-16(29)12-35(32,33)21-7-5-18(24)34-21/h2-7,9,11H,8,10,12H2,1H3,(H2,25,26). The minimum Gasteiger partial charge on any atom is -0.384 e. The van der Waals surface area contributed by atoms with Crippen molar-refractivity contribution >= 4 is 62.0 Å². The number of fused-ring (bicyclic) bond motifs is 1. The van der Waals surface area contributed by atoms with Crippen LogP contribution in [-0.4, -0.2) is 49.6 Å². The van der Waals surface area contributed by atoms with E-state index in [1.54, 1.807) is 25.2 Å². The maximum atomic E-state index is 13.0. The molecule has 9 nitrogen and oxygen atoms in total. The lowest BCUT2D eigenvalue weighted by atomic mass is 9.95. The molecule has 0 radical (unpaired) electrons. The molecule has 0 unspecified atom stereocenters. The molecule has 180 valence electrons. The number of carbonyl (C=O) groups is 3. The summed E-state index contributed by atoms with van der Waals surface area (Å²) in [5, 5.41) is 0. The number of thiophene rings is 1. The molecule has 0 atom stereocenters. The van der Waals surface area contributed by atoms with Crippen molar-refractivity contribution in [3.63, 3.8) is 0 Å². The van der Waals surface area contributed by atoms with Gasteiger partial charge >= 0.3 is 0 Å². The third-order valence-electron chi connectivity index (χ3n) is 5.31. The molecule has 1 aliphatic rings. The number of nitrogens with two attached hydrogens (primary N) is 1. The Labute approximate surface area is 210 Å². The summed E-state index contributed by atoms with van der Waals surface area (Å²) in [5.41, 5.74) is 7.81. The molecule has 2 N–H and O–H groups in total. The van der Waals surface area contributed by atoms with Crippen LogP contribution in [0.25, 0.3) is 0 Å². The number of carbonyl (C=O) groups excluding carboxylic acids is 3. The van der Waals surface area contributed by atoms with Gasteiger partial charge in [-0.05, 0) is 41.5 Å². The first kappa shape index (κ1) is 24.7. The highest BCUT2D eigenvalue weighted by Gasteiger charge is 2.33. The lowest BCUT2D eigenvalue weighted by molar-refractivity contribution is -0.118. The van der Waals surface area contributed by atoms with Crippen LogP contribution in [0.15, 0.2) is 57.9 Å². The first-order valence-corrected chi connectivity index (χ1v) is 13.1. The highest BCUT2D eigenvalue weighted by atomic mass is 35.5. The van der Waals surface area contributed by atoms with Gasteiger partial charge in [0, 0.05) is 30.8 Å². The summed E-state index contributed by atoms with van der Waals surface area (Å²) in [6.07, 6.45) is 1.16. The Balaban J connectivity index is 1.48. The normalized spacial score (nSPS) is 14.2. The van der Waals surface area contributed by atoms with E-state index in [9.17, 15) is 22.8 Å². The second-order valence-corrected chi connectivity index (χ2v) is 11.7. The second-order valence-electron chi connectivity index (χ2n) is 7.75. The Bertz CT molecular complexity index is 1480. The van der Waals surface area contributed by atoms with E-state index in [0.717, 1.165) is 16.2 Å². The average Bonchev–Trinajstić information content (AvgIpc) is 3.26. The Morgan fingerprint density at radius 3 is 2.60 bits per heavy atom. The number of nitrogens with zero attached hydrogens (tertiary/aromatic N) is 3. The van der Waals surface area contributed by atoms with Crippen LogP contribution in [0, 0.1) is 0 Å². The molecule has 2 amide bonds. The van der Waals surface area contributed by atoms with E-state index in [4.69, 9.17) is 17.3 Å². The lowest BCUT2D eigenvalue weighted by Gasteiger charge is -2.26. The van der Waals surface area contributed by atoms with Crippen molar-refractivity contribution in [2.45, 2.75) is 17.1 Å². The smallest absolute Gasteiger partial charge is 0.266 e. The Morgan fingerprint density at radius 2 is 1.97 bits per heavy atom. The summed E-state index contributed by atoms with van der Waals surface area (Å²) in [6.45, 7) is 0. The summed E-state index contributed by atoms with van der Waals surface area (Å²) in [5.74, 6) is -1.75. The molecule has 4 rings (SSSR count). The molecule has 0 saturated carbocycles. The Morgan fingerprint density at radius 1 is 1.20 bits per heavy atom. The van der Waals surface area contributed by atoms with Gasteiger partial charge in [0.25, 0.3) is 5.91 Å². The number of amides is 2. The molecule has 3 heterocycles. The number of benzene rings is 1. The van der Waals surface area contributed by atoms with Crippen molar-refractivity contribution in [2.75, 3.05) is 17.7 Å². The molecule has 35 heavy (non-hydrogen) atoms. The molecule has 0 saturated heterocycles. The predicted octanol–water partition coefficient (Wildman–Crippen LogP) is 2.45. The number of aliphatic imine (C=N–C) groups is 1. The summed E-state index contributed by atoms with van der Waals surface area (Å²) < 4.78 is 25.1. The number of hydrogen-bond donors (Lipinski definition) is 1. The van der Waals surface area contributed by atoms with Crippen molar-refractivity contribution in [2.24, 2.45) is 10.7 Å². The number of anilines is 1. The third-order valence-corrected chi connectivity index (χ3v) is 8.80. The van der Waals surface area contributed by atoms with Crippen molar-refractivity contribution in [1.29, 1.82) is 0 Å². The van der Waals surface area contributed by atoms with E-state index < -0.39 is 33.2 Å². The molecule has 0 aliphatic carbocycles. The van der Waals surface area contributed by atoms with Crippen LogP contribution in [0.1, 0.15) is 27.0 Å². The molecule has 1 aliphatic heterocycles. The van der Waals surface area contributed by atoms with Gasteiger partial charge in [0.05, 0.1) is 10.8 Å². The number of Topliss-reactive ketones (excluding diaryl/α,β-unsaturated/α-hetero) is 1. The van der Waals surface area contributed by atoms with E-state index >= 15 is 0 Å². The highest BCUT2D eigenvalue weighted by Crippen LogP contribution is 2.27. The van der Waals surface area contributed by atoms with Crippen LogP contribution in [0.4, 0.5) is 5.82 Å². The average molecular weight is 531 g/mol. The number of sulfone groups is 1. The number of aromatic nitrogens is 1. The van der Waals surface area contributed by atoms with E-state index in [1.807, 2.05) is 0 Å². The minimum absolute atomic E-state index is 0.0155. The van der Waals surface area contributed by atoms with Gasteiger partial charge in [0.1, 0.15) is 21.6 Å². The van der Waals surface area contributed by atoms with Gasteiger partial charge in [-0.15, -0.1) is 11.3 Å². The van der Waals surface area contributed by atoms with Gasteiger partial charge in [-0.3, -0.25) is 19.4 Å². The second kappa shape index (κ2) is 9.68. The summed E-state index contributed by atoms with van der Waals surface area (Å²) >= 11 is 6.68. The molecular weight excluding hydrogens is 512 g/mol. The van der Waals surface area contributed by atoms with Crippen molar-refractivity contribution in [3.8, 4) is 0 Å². The molecule has 3 aromatic rings. The van der Waals surface area contributed by atoms with Crippen molar-refractivity contribution < 1.29 is 22.8 Å². The van der Waals surface area contributed by atoms with Crippen LogP contribution in [0.5, 0.6) is 0 Å². The summed E-state index contributed by atoms with van der Waals surface area (Å²) in [6, 6.07) is 10.7. The Kier molecular flexibility index (Phi) is 6.84. The minimum atomic E-state index is -3.79. The molecule has 12 heteroatoms. The number of amidine groups is 1. The number of rotatable bonds is 7. The zero-order valence-electron chi connectivity index (χ0n) is 18.4. The van der Waals surface area contributed by atoms with E-state index in [-0.39, 0.29) is 22.9 Å². The maximum absolute atomic E-state index is 13.0. The predicted molar refractivity (Wildman–Crippen MR) is 133 cm³/mol. The van der Waals surface area contributed by atoms with Crippen LogP contribution < -0.4 is 10.6 Å². The quantitative estimate of drug-likeness (QED) is 0.281. The fraction of sp³-hybridized carbons (Fsp3) is 0.174. The highest BCUT2D eigenvalue weighted by molar-refractivity contribution is 7.94. The van der Waals surface area contributed by atoms with Gasteiger partial charge in [0.2, 0.25) is 5.91 Å². The van der Waals surface area contributed by atoms with Gasteiger partial charge in [-0.1, -0.05) is 23.7 Å². The van der Waals surface area contributed by atoms with Crippen LogP contribution in [0.3, 0.4) is 0 Å². The first-order chi connectivity index (χ1) is 16.6. The maximum Gasteiger partial charge on any atom is 0.266 e. The zero-order valence-corrected chi connectivity index (χ0v) is 20.8. The monoisotopic (exact) mass is 530 g/mol. The zero-order chi connectivity index (χ0) is 25.3. The molecule has 2 aromatic heterocycles. The van der Waals surface area contributed by atoms with Gasteiger partial charge in [0.15, 0.2) is 15.6 Å². The molecule has 1 aromatic carbocycles. The number of ketones is 1. The van der Waals surface area contributed by atoms with Crippen molar-refractivity contribution in [1.82, 2.24) is 4.98 Å². The van der Waals surface area contributed by atoms with Gasteiger partial charge in [-0.2, -0.15) is 0 Å². The first-order valence-electron chi connectivity index (χ1n) is 10.3. The Hall–Kier alpha value is -3.41. The fourth-order valence-corrected chi connectivity index (χ4v) is 6.44. The van der Waals surface area contributed by atoms with E-state index in [0.29, 0.717) is 32.4 Å². The number of hydrogen-bond acceptors (Lipinski definition) is 8. The largest absolute Gasteiger partial charge is 0.384 e. The van der Waals surface area contributed by atoms with Crippen LogP contribution in [0.2, 0.25) is 4.34 Å². The van der Waals surface area contributed by atoms with E-state index in [1.165, 1.54) is 30.5 Å². The summed E-state index contributed by atoms with van der Waals surface area (Å²) in [4.78, 5) is 47.2. The number of halogens is 1. The molecule has 0 fully saturated rings. The SMILES string of the molecule is CN=C(N)c1ccc2c(c1)CC(=O)N(c1ccc(CC(=O)CS(=O)(=O)c3ccc(Cl)s3)cn1)C2=O. The molecular formula is C23H19ClN4O5S2. The molecule has 0 bridgehead atoms. The van der Waals surface area contributed by atoms with Gasteiger partial charge < -0.3 is 5.73 Å². The van der Waals surface area contributed by atoms with E-state index in [2.05, 4.69) is 9.98 Å². The van der Waals surface area contributed by atoms with Crippen LogP contribution in [-0.2, 0) is 32.3 Å².